The zero-order valence-corrected chi connectivity index (χ0v) is 27.3. The number of aliphatic hydroxyl groups excluding tert-OH is 1. The van der Waals surface area contributed by atoms with E-state index in [1.165, 1.54) is 14.2 Å². The van der Waals surface area contributed by atoms with E-state index < -0.39 is 53.9 Å². The molecule has 246 valence electrons. The number of hydrogen-bond donors (Lipinski definition) is 4. The molecule has 6 unspecified atom stereocenters. The maximum absolute atomic E-state index is 13.7. The van der Waals surface area contributed by atoms with Crippen molar-refractivity contribution in [2.45, 2.75) is 77.8 Å². The Morgan fingerprint density at radius 1 is 1.14 bits per heavy atom. The van der Waals surface area contributed by atoms with Gasteiger partial charge in [-0.15, -0.1) is 0 Å². The Labute approximate surface area is 260 Å². The smallest absolute Gasteiger partial charge is 0.405 e. The number of likely N-dealkylation sites (N-methyl/N-ethyl adjacent to an activating group) is 1. The van der Waals surface area contributed by atoms with E-state index in [9.17, 15) is 24.3 Å². The number of carbonyl (C=O) groups excluding carboxylic acids is 4. The molecular weight excluding hydrogens is 568 g/mol. The van der Waals surface area contributed by atoms with Gasteiger partial charge in [-0.2, -0.15) is 0 Å². The van der Waals surface area contributed by atoms with Crippen molar-refractivity contribution in [3.05, 3.63) is 46.3 Å². The number of rotatable bonds is 7. The number of ketones is 2. The summed E-state index contributed by atoms with van der Waals surface area (Å²) in [6.45, 7) is 8.22. The molecule has 0 aromatic carbocycles. The van der Waals surface area contributed by atoms with Crippen molar-refractivity contribution < 1.29 is 38.5 Å². The van der Waals surface area contributed by atoms with Crippen LogP contribution in [0.25, 0.3) is 0 Å². The van der Waals surface area contributed by atoms with Gasteiger partial charge in [-0.25, -0.2) is 4.79 Å². The average Bonchev–Trinajstić information content (AvgIpc) is 2.95. The third-order valence-electron chi connectivity index (χ3n) is 7.98. The number of nitrogens with one attached hydrogen (secondary N) is 2. The second-order valence-electron chi connectivity index (χ2n) is 12.0. The summed E-state index contributed by atoms with van der Waals surface area (Å²) in [5.41, 5.74) is 6.77. The van der Waals surface area contributed by atoms with Gasteiger partial charge in [-0.3, -0.25) is 14.4 Å². The molecule has 0 saturated heterocycles. The summed E-state index contributed by atoms with van der Waals surface area (Å²) in [5, 5.41) is 17.1. The van der Waals surface area contributed by atoms with Gasteiger partial charge in [0.2, 0.25) is 11.6 Å². The number of fused-ring (bicyclic) bond motifs is 2. The molecule has 0 aromatic rings. The molecular formula is C32H50N4O8. The van der Waals surface area contributed by atoms with Gasteiger partial charge < -0.3 is 40.6 Å². The molecule has 0 aromatic heterocycles. The van der Waals surface area contributed by atoms with Crippen LogP contribution in [-0.2, 0) is 28.6 Å². The Kier molecular flexibility index (Phi) is 14.4. The molecule has 0 spiro atoms. The first-order valence-corrected chi connectivity index (χ1v) is 15.0. The summed E-state index contributed by atoms with van der Waals surface area (Å²) >= 11 is 0. The van der Waals surface area contributed by atoms with E-state index in [1.54, 1.807) is 26.0 Å². The minimum Gasteiger partial charge on any atom is -0.439 e. The van der Waals surface area contributed by atoms with E-state index in [0.717, 1.165) is 6.08 Å². The quantitative estimate of drug-likeness (QED) is 0.245. The molecule has 2 bridgehead atoms. The number of methoxy groups -OCH3 is 2. The fourth-order valence-corrected chi connectivity index (χ4v) is 5.49. The molecule has 6 atom stereocenters. The largest absolute Gasteiger partial charge is 0.439 e. The van der Waals surface area contributed by atoms with Crippen molar-refractivity contribution in [1.82, 2.24) is 15.5 Å². The molecule has 1 aliphatic carbocycles. The van der Waals surface area contributed by atoms with Crippen LogP contribution in [0.1, 0.15) is 53.4 Å². The van der Waals surface area contributed by atoms with Gasteiger partial charge in [0.25, 0.3) is 5.91 Å². The van der Waals surface area contributed by atoms with Gasteiger partial charge in [-0.1, -0.05) is 26.0 Å². The van der Waals surface area contributed by atoms with Crippen LogP contribution in [0.15, 0.2) is 46.3 Å². The van der Waals surface area contributed by atoms with E-state index >= 15 is 0 Å². The lowest BCUT2D eigenvalue weighted by Crippen LogP contribution is -2.38. The molecule has 0 radical (unpaired) electrons. The summed E-state index contributed by atoms with van der Waals surface area (Å²) in [5.74, 6) is -1.95. The van der Waals surface area contributed by atoms with E-state index in [4.69, 9.17) is 19.9 Å². The lowest BCUT2D eigenvalue weighted by molar-refractivity contribution is -0.120. The van der Waals surface area contributed by atoms with Crippen LogP contribution < -0.4 is 16.4 Å². The van der Waals surface area contributed by atoms with Gasteiger partial charge in [0.15, 0.2) is 6.10 Å². The highest BCUT2D eigenvalue weighted by molar-refractivity contribution is 6.23. The van der Waals surface area contributed by atoms with E-state index in [-0.39, 0.29) is 29.3 Å². The molecule has 0 fully saturated rings. The van der Waals surface area contributed by atoms with Crippen LogP contribution in [0, 0.1) is 11.8 Å². The van der Waals surface area contributed by atoms with Crippen molar-refractivity contribution in [2.75, 3.05) is 41.4 Å². The summed E-state index contributed by atoms with van der Waals surface area (Å²) in [7, 11) is 6.81. The second-order valence-corrected chi connectivity index (χ2v) is 12.0. The molecule has 12 heteroatoms. The van der Waals surface area contributed by atoms with Crippen molar-refractivity contribution >= 4 is 23.6 Å². The number of Topliss-reactive ketones (excluding diaryl/α,β-unsaturated/α-hetero) is 1. The Bertz CT molecular complexity index is 1190. The van der Waals surface area contributed by atoms with Crippen molar-refractivity contribution in [2.24, 2.45) is 17.6 Å². The maximum Gasteiger partial charge on any atom is 0.405 e. The highest BCUT2D eigenvalue weighted by Crippen LogP contribution is 2.29. The summed E-state index contributed by atoms with van der Waals surface area (Å²) in [6, 6.07) is 0. The van der Waals surface area contributed by atoms with Crippen LogP contribution in [0.5, 0.6) is 0 Å². The monoisotopic (exact) mass is 618 g/mol. The van der Waals surface area contributed by atoms with Gasteiger partial charge in [-0.05, 0) is 65.1 Å². The van der Waals surface area contributed by atoms with Gasteiger partial charge in [0.05, 0.1) is 29.7 Å². The third kappa shape index (κ3) is 10.4. The van der Waals surface area contributed by atoms with Crippen LogP contribution in [-0.4, -0.2) is 99.4 Å². The Morgan fingerprint density at radius 3 is 2.39 bits per heavy atom. The number of ether oxygens (including phenoxy) is 3. The normalized spacial score (nSPS) is 30.6. The van der Waals surface area contributed by atoms with Gasteiger partial charge in [0, 0.05) is 50.4 Å². The maximum atomic E-state index is 13.7. The molecule has 2 amide bonds. The third-order valence-corrected chi connectivity index (χ3v) is 7.98. The molecule has 2 aliphatic rings. The number of hydrogen-bond acceptors (Lipinski definition) is 10. The summed E-state index contributed by atoms with van der Waals surface area (Å²) < 4.78 is 16.8. The van der Waals surface area contributed by atoms with Crippen LogP contribution >= 0.6 is 0 Å². The Morgan fingerprint density at radius 2 is 1.80 bits per heavy atom. The average molecular weight is 619 g/mol. The lowest BCUT2D eigenvalue weighted by Gasteiger charge is -2.30. The number of allylic oxidation sites excluding steroid dienone is 3. The first kappa shape index (κ1) is 36.9. The SMILES string of the molecule is COC1CC/C=C(/C)C(=O)NC2=CC(=O)C(NCCN(C)C)=C(CC(C)CC(OC)C(O)C(C)/C=C(/C)C1OC(N)=O)C2=O. The minimum absolute atomic E-state index is 0.0903. The molecule has 1 aliphatic heterocycles. The standard InChI is InChI=1S/C32H50N4O8/c1-18-14-22-27(34-12-13-36(5)6)24(37)17-23(29(22)39)35-31(40)19(2)10-9-11-25(42-7)30(44-32(33)41)21(4)16-20(3)28(38)26(15-18)43-8/h10,16-18,20,25-26,28,30,34,38H,9,11-15H2,1-8H3,(H2,33,41)(H,35,40)/b19-10-,21-16-. The van der Waals surface area contributed by atoms with Crippen LogP contribution in [0.2, 0.25) is 0 Å². The minimum atomic E-state index is -0.963. The zero-order chi connectivity index (χ0) is 33.1. The number of primary amides is 1. The van der Waals surface area contributed by atoms with Crippen LogP contribution in [0.4, 0.5) is 4.79 Å². The summed E-state index contributed by atoms with van der Waals surface area (Å²) in [6.07, 6.45) is 2.06. The molecule has 1 heterocycles. The number of nitrogens with zero attached hydrogens (tertiary/aromatic N) is 1. The van der Waals surface area contributed by atoms with Crippen molar-refractivity contribution in [1.29, 1.82) is 0 Å². The van der Waals surface area contributed by atoms with Crippen molar-refractivity contribution in [3.63, 3.8) is 0 Å². The van der Waals surface area contributed by atoms with Crippen LogP contribution in [0.3, 0.4) is 0 Å². The van der Waals surface area contributed by atoms with Gasteiger partial charge in [0.1, 0.15) is 0 Å². The summed E-state index contributed by atoms with van der Waals surface area (Å²) in [4.78, 5) is 53.8. The Balaban J connectivity index is 2.55. The number of aliphatic hydroxyl groups is 1. The fourth-order valence-electron chi connectivity index (χ4n) is 5.49. The first-order valence-electron chi connectivity index (χ1n) is 15.0. The number of amides is 2. The first-order chi connectivity index (χ1) is 20.7. The van der Waals surface area contributed by atoms with Crippen molar-refractivity contribution in [3.8, 4) is 0 Å². The molecule has 12 nitrogen and oxygen atoms in total. The Hall–Kier alpha value is -3.32. The predicted molar refractivity (Wildman–Crippen MR) is 166 cm³/mol. The lowest BCUT2D eigenvalue weighted by atomic mass is 9.85. The highest BCUT2D eigenvalue weighted by atomic mass is 16.6. The molecule has 44 heavy (non-hydrogen) atoms. The molecule has 5 N–H and O–H groups in total. The molecule has 0 saturated carbocycles. The molecule has 2 rings (SSSR count). The fraction of sp³-hybridized carbons (Fsp3) is 0.625. The predicted octanol–water partition coefficient (Wildman–Crippen LogP) is 2.14. The highest BCUT2D eigenvalue weighted by Gasteiger charge is 2.33. The van der Waals surface area contributed by atoms with E-state index in [1.807, 2.05) is 32.8 Å². The number of carbonyl (C=O) groups is 4. The van der Waals surface area contributed by atoms with Gasteiger partial charge >= 0.3 is 6.09 Å². The van der Waals surface area contributed by atoms with E-state index in [0.29, 0.717) is 43.5 Å². The number of nitrogens with two attached hydrogens (primary N) is 1. The zero-order valence-electron chi connectivity index (χ0n) is 27.3. The van der Waals surface area contributed by atoms with E-state index in [2.05, 4.69) is 10.6 Å². The topological polar surface area (TPSA) is 170 Å². The second kappa shape index (κ2) is 17.2.